The molecule has 3 rings (SSSR count). The Morgan fingerprint density at radius 2 is 1.96 bits per heavy atom. The summed E-state index contributed by atoms with van der Waals surface area (Å²) in [6, 6.07) is 0. The van der Waals surface area contributed by atoms with Crippen molar-refractivity contribution in [2.24, 2.45) is 17.3 Å². The fourth-order valence-corrected chi connectivity index (χ4v) is 7.46. The number of hydrogen-bond donors (Lipinski definition) is 0. The van der Waals surface area contributed by atoms with Crippen molar-refractivity contribution in [3.8, 4) is 0 Å². The first-order valence-corrected chi connectivity index (χ1v) is 9.35. The van der Waals surface area contributed by atoms with E-state index in [1.54, 1.807) is 13.8 Å². The highest BCUT2D eigenvalue weighted by Gasteiger charge is 2.84. The van der Waals surface area contributed by atoms with Crippen LogP contribution < -0.4 is 0 Å². The number of carbonyl (C=O) groups is 2. The van der Waals surface area contributed by atoms with E-state index in [0.717, 1.165) is 6.08 Å². The number of esters is 2. The zero-order valence-corrected chi connectivity index (χ0v) is 15.0. The van der Waals surface area contributed by atoms with Gasteiger partial charge < -0.3 is 9.47 Å². The molecule has 134 valence electrons. The molecule has 2 bridgehead atoms. The van der Waals surface area contributed by atoms with Gasteiger partial charge in [-0.1, -0.05) is 20.4 Å². The normalized spacial score (nSPS) is 47.4. The maximum Gasteiger partial charge on any atom is 0.344 e. The van der Waals surface area contributed by atoms with E-state index in [2.05, 4.69) is 6.58 Å². The second-order valence-corrected chi connectivity index (χ2v) is 9.23. The molecule has 3 fully saturated rings. The lowest BCUT2D eigenvalue weighted by Crippen LogP contribution is -2.60. The van der Waals surface area contributed by atoms with Crippen LogP contribution in [-0.2, 0) is 33.4 Å². The van der Waals surface area contributed by atoms with Crippen molar-refractivity contribution in [1.29, 1.82) is 0 Å². The Balaban J connectivity index is 1.91. The van der Waals surface area contributed by atoms with Crippen molar-refractivity contribution in [2.75, 3.05) is 6.61 Å². The highest BCUT2D eigenvalue weighted by atomic mass is 32.2. The highest BCUT2D eigenvalue weighted by Crippen LogP contribution is 2.74. The minimum Gasteiger partial charge on any atom is -0.453 e. The quantitative estimate of drug-likeness (QED) is 0.423. The lowest BCUT2D eigenvalue weighted by Gasteiger charge is -2.48. The summed E-state index contributed by atoms with van der Waals surface area (Å²) in [7, 11) is -3.69. The van der Waals surface area contributed by atoms with Crippen molar-refractivity contribution in [3.05, 3.63) is 12.7 Å². The van der Waals surface area contributed by atoms with Gasteiger partial charge in [-0.05, 0) is 26.2 Å². The lowest BCUT2D eigenvalue weighted by atomic mass is 9.65. The molecule has 8 heteroatoms. The monoisotopic (exact) mass is 358 g/mol. The fraction of sp³-hybridized carbons (Fsp3) is 0.750. The fourth-order valence-electron chi connectivity index (χ4n) is 5.18. The molecule has 3 aliphatic rings. The molecule has 0 aromatic rings. The minimum absolute atomic E-state index is 0.0123. The Labute approximate surface area is 141 Å². The maximum absolute atomic E-state index is 12.4. The van der Waals surface area contributed by atoms with Crippen LogP contribution in [0.3, 0.4) is 0 Å². The van der Waals surface area contributed by atoms with E-state index < -0.39 is 50.5 Å². The Morgan fingerprint density at radius 3 is 2.54 bits per heavy atom. The third-order valence-corrected chi connectivity index (χ3v) is 8.50. The molecule has 24 heavy (non-hydrogen) atoms. The molecule has 1 heterocycles. The molecule has 6 unspecified atom stereocenters. The first-order chi connectivity index (χ1) is 10.9. The van der Waals surface area contributed by atoms with Gasteiger partial charge in [-0.15, -0.1) is 0 Å². The number of hydrogen-bond acceptors (Lipinski definition) is 7. The van der Waals surface area contributed by atoms with Crippen LogP contribution in [0.5, 0.6) is 0 Å². The van der Waals surface area contributed by atoms with Crippen molar-refractivity contribution in [2.45, 2.75) is 50.6 Å². The van der Waals surface area contributed by atoms with Crippen molar-refractivity contribution in [3.63, 3.8) is 0 Å². The van der Waals surface area contributed by atoms with Gasteiger partial charge in [0.15, 0.2) is 6.61 Å². The molecule has 0 N–H and O–H groups in total. The summed E-state index contributed by atoms with van der Waals surface area (Å²) in [4.78, 5) is 23.3. The zero-order chi connectivity index (χ0) is 18.1. The topological polar surface area (TPSA) is 96.0 Å². The van der Waals surface area contributed by atoms with Crippen molar-refractivity contribution in [1.82, 2.24) is 0 Å². The summed E-state index contributed by atoms with van der Waals surface area (Å²) < 4.78 is 40.6. The maximum atomic E-state index is 12.4. The van der Waals surface area contributed by atoms with Crippen LogP contribution in [0, 0.1) is 17.3 Å². The smallest absolute Gasteiger partial charge is 0.344 e. The van der Waals surface area contributed by atoms with E-state index in [1.807, 2.05) is 13.8 Å². The second-order valence-electron chi connectivity index (χ2n) is 7.48. The van der Waals surface area contributed by atoms with Gasteiger partial charge in [-0.3, -0.25) is 4.18 Å². The summed E-state index contributed by atoms with van der Waals surface area (Å²) in [5, 5.41) is -0.562. The van der Waals surface area contributed by atoms with Gasteiger partial charge in [0.25, 0.3) is 10.1 Å². The molecule has 0 radical (unpaired) electrons. The molecule has 0 aromatic carbocycles. The first-order valence-electron chi connectivity index (χ1n) is 7.88. The van der Waals surface area contributed by atoms with Crippen LogP contribution in [0.15, 0.2) is 12.7 Å². The Hall–Kier alpha value is -1.41. The van der Waals surface area contributed by atoms with Crippen LogP contribution in [0.4, 0.5) is 0 Å². The standard InChI is InChI=1S/C16H22O7S/c1-6-11(17)21-8-12(18)22-16(5)14(3)7-10-13(9(14)2)15(16,4)23-24(10,19)20/h6,9-10,13H,1,7-8H2,2-5H3. The molecule has 0 amide bonds. The average molecular weight is 358 g/mol. The third-order valence-electron chi connectivity index (χ3n) is 6.72. The van der Waals surface area contributed by atoms with Crippen LogP contribution in [0.2, 0.25) is 0 Å². The number of rotatable bonds is 4. The van der Waals surface area contributed by atoms with Gasteiger partial charge in [0.2, 0.25) is 0 Å². The summed E-state index contributed by atoms with van der Waals surface area (Å²) in [6.07, 6.45) is 1.33. The van der Waals surface area contributed by atoms with Gasteiger partial charge >= 0.3 is 11.9 Å². The van der Waals surface area contributed by atoms with Crippen LogP contribution >= 0.6 is 0 Å². The summed E-state index contributed by atoms with van der Waals surface area (Å²) in [6.45, 7) is 10.0. The van der Waals surface area contributed by atoms with E-state index in [0.29, 0.717) is 6.42 Å². The lowest BCUT2D eigenvalue weighted by molar-refractivity contribution is -0.206. The molecule has 1 saturated heterocycles. The molecule has 7 nitrogen and oxygen atoms in total. The van der Waals surface area contributed by atoms with E-state index >= 15 is 0 Å². The van der Waals surface area contributed by atoms with Gasteiger partial charge in [0.1, 0.15) is 11.2 Å². The first kappa shape index (κ1) is 17.4. The van der Waals surface area contributed by atoms with Gasteiger partial charge in [-0.2, -0.15) is 8.42 Å². The number of carbonyl (C=O) groups excluding carboxylic acids is 2. The highest BCUT2D eigenvalue weighted by molar-refractivity contribution is 7.87. The van der Waals surface area contributed by atoms with Gasteiger partial charge in [-0.25, -0.2) is 9.59 Å². The Kier molecular flexibility index (Phi) is 3.50. The molecule has 0 spiro atoms. The van der Waals surface area contributed by atoms with Gasteiger partial charge in [0, 0.05) is 17.4 Å². The molecule has 6 atom stereocenters. The SMILES string of the molecule is C=CC(=O)OCC(=O)OC1(C)C2(C)CC3C(C2C)C1(C)OS3(=O)=O. The second kappa shape index (κ2) is 4.82. The van der Waals surface area contributed by atoms with Crippen molar-refractivity contribution >= 4 is 22.1 Å². The van der Waals surface area contributed by atoms with Crippen LogP contribution in [0.25, 0.3) is 0 Å². The van der Waals surface area contributed by atoms with E-state index in [9.17, 15) is 18.0 Å². The molecule has 1 aliphatic heterocycles. The zero-order valence-electron chi connectivity index (χ0n) is 14.2. The Morgan fingerprint density at radius 1 is 1.33 bits per heavy atom. The molecule has 2 saturated carbocycles. The van der Waals surface area contributed by atoms with E-state index in [4.69, 9.17) is 13.7 Å². The van der Waals surface area contributed by atoms with Gasteiger partial charge in [0.05, 0.1) is 5.25 Å². The molecule has 0 aromatic heterocycles. The Bertz CT molecular complexity index is 729. The molecular formula is C16H22O7S. The number of fused-ring (bicyclic) bond motifs is 1. The third kappa shape index (κ3) is 1.84. The van der Waals surface area contributed by atoms with E-state index in [1.165, 1.54) is 0 Å². The van der Waals surface area contributed by atoms with Crippen molar-refractivity contribution < 1.29 is 31.7 Å². The summed E-state index contributed by atoms with van der Waals surface area (Å²) in [5.41, 5.74) is -2.80. The van der Waals surface area contributed by atoms with Crippen LogP contribution in [0.1, 0.15) is 34.1 Å². The predicted octanol–water partition coefficient (Wildman–Crippen LogP) is 1.18. The van der Waals surface area contributed by atoms with E-state index in [-0.39, 0.29) is 11.8 Å². The molecule has 2 aliphatic carbocycles. The predicted molar refractivity (Wildman–Crippen MR) is 83.2 cm³/mol. The summed E-state index contributed by atoms with van der Waals surface area (Å²) in [5.74, 6) is -1.69. The number of ether oxygens (including phenoxy) is 2. The minimum atomic E-state index is -3.69. The molecular weight excluding hydrogens is 336 g/mol. The largest absolute Gasteiger partial charge is 0.453 e. The summed E-state index contributed by atoms with van der Waals surface area (Å²) >= 11 is 0. The van der Waals surface area contributed by atoms with Crippen LogP contribution in [-0.4, -0.2) is 43.4 Å². The average Bonchev–Trinajstić information content (AvgIpc) is 2.90.